The Bertz CT molecular complexity index is 971. The molecule has 3 aliphatic heterocycles. The van der Waals surface area contributed by atoms with Crippen LogP contribution in [0.3, 0.4) is 0 Å². The average molecular weight is 409 g/mol. The van der Waals surface area contributed by atoms with E-state index in [0.717, 1.165) is 50.3 Å². The van der Waals surface area contributed by atoms with Gasteiger partial charge in [0.25, 0.3) is 5.91 Å². The Labute approximate surface area is 175 Å². The van der Waals surface area contributed by atoms with E-state index >= 15 is 0 Å². The van der Waals surface area contributed by atoms with Gasteiger partial charge in [0.2, 0.25) is 5.91 Å². The van der Waals surface area contributed by atoms with Crippen LogP contribution >= 0.6 is 0 Å². The standard InChI is InChI=1S/C22H27N5O3/c1-15-22(29)27(16-8-4-5-10-18(16)30-15)14-20(28)25-13-7-9-17(25)21-24-23-19-11-3-2-6-12-26(19)21/h4-5,8,10,15,17H,2-3,6-7,9,11-14H2,1H3. The molecule has 1 saturated heterocycles. The number of hydrogen-bond donors (Lipinski definition) is 0. The predicted octanol–water partition coefficient (Wildman–Crippen LogP) is 2.48. The topological polar surface area (TPSA) is 80.6 Å². The Morgan fingerprint density at radius 3 is 2.90 bits per heavy atom. The Balaban J connectivity index is 1.39. The van der Waals surface area contributed by atoms with Gasteiger partial charge >= 0.3 is 0 Å². The maximum atomic E-state index is 13.4. The monoisotopic (exact) mass is 409 g/mol. The normalized spacial score (nSPS) is 23.6. The molecule has 30 heavy (non-hydrogen) atoms. The van der Waals surface area contributed by atoms with Gasteiger partial charge in [-0.1, -0.05) is 18.6 Å². The summed E-state index contributed by atoms with van der Waals surface area (Å²) in [5, 5.41) is 8.90. The van der Waals surface area contributed by atoms with E-state index in [2.05, 4.69) is 14.8 Å². The molecule has 8 heteroatoms. The van der Waals surface area contributed by atoms with Crippen molar-refractivity contribution < 1.29 is 14.3 Å². The molecule has 158 valence electrons. The largest absolute Gasteiger partial charge is 0.479 e. The van der Waals surface area contributed by atoms with Crippen molar-refractivity contribution in [1.29, 1.82) is 0 Å². The fourth-order valence-corrected chi connectivity index (χ4v) is 4.84. The highest BCUT2D eigenvalue weighted by atomic mass is 16.5. The van der Waals surface area contributed by atoms with Gasteiger partial charge in [-0.15, -0.1) is 10.2 Å². The zero-order chi connectivity index (χ0) is 20.7. The molecule has 0 N–H and O–H groups in total. The lowest BCUT2D eigenvalue weighted by Crippen LogP contribution is -2.49. The van der Waals surface area contributed by atoms with Crippen molar-refractivity contribution in [2.45, 2.75) is 64.1 Å². The Kier molecular flexibility index (Phi) is 4.92. The summed E-state index contributed by atoms with van der Waals surface area (Å²) in [6, 6.07) is 7.31. The molecule has 1 aromatic heterocycles. The summed E-state index contributed by atoms with van der Waals surface area (Å²) in [6.07, 6.45) is 5.63. The number of fused-ring (bicyclic) bond motifs is 2. The second-order valence-electron chi connectivity index (χ2n) is 8.33. The maximum absolute atomic E-state index is 13.4. The van der Waals surface area contributed by atoms with Crippen molar-refractivity contribution in [2.24, 2.45) is 0 Å². The molecule has 3 aliphatic rings. The van der Waals surface area contributed by atoms with Crippen molar-refractivity contribution in [3.63, 3.8) is 0 Å². The van der Waals surface area contributed by atoms with Gasteiger partial charge in [-0.3, -0.25) is 14.5 Å². The van der Waals surface area contributed by atoms with Gasteiger partial charge < -0.3 is 14.2 Å². The number of para-hydroxylation sites is 2. The molecule has 2 aromatic rings. The van der Waals surface area contributed by atoms with Crippen LogP contribution in [0.5, 0.6) is 5.75 Å². The molecular formula is C22H27N5O3. The smallest absolute Gasteiger partial charge is 0.268 e. The fraction of sp³-hybridized carbons (Fsp3) is 0.545. The lowest BCUT2D eigenvalue weighted by Gasteiger charge is -2.34. The molecule has 5 rings (SSSR count). The Morgan fingerprint density at radius 2 is 2.00 bits per heavy atom. The first-order chi connectivity index (χ1) is 14.6. The molecule has 1 fully saturated rings. The SMILES string of the molecule is CC1Oc2ccccc2N(CC(=O)N2CCCC2c2nnc3n2CCCCC3)C1=O. The molecule has 2 unspecified atom stereocenters. The lowest BCUT2D eigenvalue weighted by atomic mass is 10.1. The minimum atomic E-state index is -0.602. The summed E-state index contributed by atoms with van der Waals surface area (Å²) in [7, 11) is 0. The molecule has 2 atom stereocenters. The molecule has 0 radical (unpaired) electrons. The molecule has 1 aromatic carbocycles. The number of ether oxygens (including phenoxy) is 1. The van der Waals surface area contributed by atoms with Crippen molar-refractivity contribution >= 4 is 17.5 Å². The van der Waals surface area contributed by atoms with Crippen LogP contribution in [0.25, 0.3) is 0 Å². The number of rotatable bonds is 3. The third-order valence-corrected chi connectivity index (χ3v) is 6.38. The molecule has 0 spiro atoms. The van der Waals surface area contributed by atoms with Gasteiger partial charge in [0.15, 0.2) is 11.9 Å². The molecule has 0 saturated carbocycles. The van der Waals surface area contributed by atoms with E-state index < -0.39 is 6.10 Å². The summed E-state index contributed by atoms with van der Waals surface area (Å²) < 4.78 is 7.92. The lowest BCUT2D eigenvalue weighted by molar-refractivity contribution is -0.134. The van der Waals surface area contributed by atoms with Gasteiger partial charge in [-0.05, 0) is 44.7 Å². The van der Waals surface area contributed by atoms with Gasteiger partial charge in [0, 0.05) is 19.5 Å². The van der Waals surface area contributed by atoms with E-state index in [9.17, 15) is 9.59 Å². The van der Waals surface area contributed by atoms with E-state index in [-0.39, 0.29) is 24.4 Å². The molecule has 4 heterocycles. The van der Waals surface area contributed by atoms with Crippen LogP contribution in [0.2, 0.25) is 0 Å². The minimum Gasteiger partial charge on any atom is -0.479 e. The number of anilines is 1. The van der Waals surface area contributed by atoms with Crippen LogP contribution in [0.15, 0.2) is 24.3 Å². The number of aryl methyl sites for hydroxylation is 1. The van der Waals surface area contributed by atoms with Crippen molar-refractivity contribution in [1.82, 2.24) is 19.7 Å². The van der Waals surface area contributed by atoms with Gasteiger partial charge in [-0.25, -0.2) is 0 Å². The van der Waals surface area contributed by atoms with Crippen LogP contribution in [-0.4, -0.2) is 50.7 Å². The van der Waals surface area contributed by atoms with Crippen molar-refractivity contribution in [2.75, 3.05) is 18.0 Å². The second kappa shape index (κ2) is 7.74. The van der Waals surface area contributed by atoms with E-state index in [0.29, 0.717) is 18.0 Å². The number of likely N-dealkylation sites (tertiary alicyclic amines) is 1. The quantitative estimate of drug-likeness (QED) is 0.778. The summed E-state index contributed by atoms with van der Waals surface area (Å²) in [6.45, 7) is 3.34. The second-order valence-corrected chi connectivity index (χ2v) is 8.33. The molecular weight excluding hydrogens is 382 g/mol. The van der Waals surface area contributed by atoms with Crippen LogP contribution in [0.1, 0.15) is 56.7 Å². The number of amides is 2. The zero-order valence-electron chi connectivity index (χ0n) is 17.3. The van der Waals surface area contributed by atoms with Gasteiger partial charge in [0.05, 0.1) is 11.7 Å². The number of benzene rings is 1. The van der Waals surface area contributed by atoms with E-state index in [4.69, 9.17) is 4.74 Å². The van der Waals surface area contributed by atoms with Crippen LogP contribution in [-0.2, 0) is 22.6 Å². The average Bonchev–Trinajstić information content (AvgIpc) is 3.32. The highest BCUT2D eigenvalue weighted by Crippen LogP contribution is 2.36. The fourth-order valence-electron chi connectivity index (χ4n) is 4.84. The molecule has 0 bridgehead atoms. The Hall–Kier alpha value is -2.90. The summed E-state index contributed by atoms with van der Waals surface area (Å²) in [4.78, 5) is 29.6. The number of aromatic nitrogens is 3. The number of hydrogen-bond acceptors (Lipinski definition) is 5. The highest BCUT2D eigenvalue weighted by molar-refractivity contribution is 6.03. The summed E-state index contributed by atoms with van der Waals surface area (Å²) in [5.41, 5.74) is 0.654. The highest BCUT2D eigenvalue weighted by Gasteiger charge is 2.38. The van der Waals surface area contributed by atoms with Crippen LogP contribution in [0, 0.1) is 0 Å². The predicted molar refractivity (Wildman–Crippen MR) is 110 cm³/mol. The number of nitrogens with zero attached hydrogens (tertiary/aromatic N) is 5. The Morgan fingerprint density at radius 1 is 1.13 bits per heavy atom. The minimum absolute atomic E-state index is 0.0149. The summed E-state index contributed by atoms with van der Waals surface area (Å²) >= 11 is 0. The molecule has 2 amide bonds. The third-order valence-electron chi connectivity index (χ3n) is 6.38. The zero-order valence-corrected chi connectivity index (χ0v) is 17.3. The van der Waals surface area contributed by atoms with E-state index in [1.165, 1.54) is 6.42 Å². The number of carbonyl (C=O) groups excluding carboxylic acids is 2. The maximum Gasteiger partial charge on any atom is 0.268 e. The first-order valence-corrected chi connectivity index (χ1v) is 10.9. The van der Waals surface area contributed by atoms with Crippen LogP contribution in [0.4, 0.5) is 5.69 Å². The van der Waals surface area contributed by atoms with E-state index in [1.54, 1.807) is 11.8 Å². The van der Waals surface area contributed by atoms with Crippen molar-refractivity contribution in [3.8, 4) is 5.75 Å². The van der Waals surface area contributed by atoms with Crippen molar-refractivity contribution in [3.05, 3.63) is 35.9 Å². The third kappa shape index (κ3) is 3.24. The van der Waals surface area contributed by atoms with Gasteiger partial charge in [0.1, 0.15) is 18.1 Å². The number of carbonyl (C=O) groups is 2. The summed E-state index contributed by atoms with van der Waals surface area (Å²) in [5.74, 6) is 2.33. The molecule has 8 nitrogen and oxygen atoms in total. The van der Waals surface area contributed by atoms with E-state index in [1.807, 2.05) is 29.2 Å². The van der Waals surface area contributed by atoms with Crippen LogP contribution < -0.4 is 9.64 Å². The molecule has 0 aliphatic carbocycles. The first kappa shape index (κ1) is 19.1. The first-order valence-electron chi connectivity index (χ1n) is 10.9. The van der Waals surface area contributed by atoms with Gasteiger partial charge in [-0.2, -0.15) is 0 Å².